The maximum atomic E-state index is 15.4. The lowest BCUT2D eigenvalue weighted by Gasteiger charge is -2.26. The summed E-state index contributed by atoms with van der Waals surface area (Å²) in [7, 11) is 0. The van der Waals surface area contributed by atoms with Crippen LogP contribution in [0.3, 0.4) is 0 Å². The van der Waals surface area contributed by atoms with Crippen LogP contribution in [0.4, 0.5) is 20.2 Å². The second-order valence-electron chi connectivity index (χ2n) is 16.4. The number of hydrogen-bond donors (Lipinski definition) is 1. The average Bonchev–Trinajstić information content (AvgIpc) is 4.12. The van der Waals surface area contributed by atoms with Gasteiger partial charge in [-0.1, -0.05) is 6.92 Å². The number of benzene rings is 2. The quantitative estimate of drug-likeness (QED) is 0.229. The van der Waals surface area contributed by atoms with Gasteiger partial charge in [0.05, 0.1) is 54.3 Å². The van der Waals surface area contributed by atoms with Gasteiger partial charge in [0, 0.05) is 62.5 Å². The summed E-state index contributed by atoms with van der Waals surface area (Å²) in [5, 5.41) is 10.4. The van der Waals surface area contributed by atoms with Gasteiger partial charge in [-0.25, -0.2) is 18.4 Å². The van der Waals surface area contributed by atoms with Gasteiger partial charge in [0.1, 0.15) is 22.5 Å². The zero-order chi connectivity index (χ0) is 40.6. The van der Waals surface area contributed by atoms with Gasteiger partial charge < -0.3 is 43.0 Å². The Bertz CT molecular complexity index is 2290. The predicted octanol–water partition coefficient (Wildman–Crippen LogP) is 6.02. The number of aliphatic hydroxyl groups excluding tert-OH is 1. The molecule has 2 aromatic heterocycles. The fraction of sp³-hybridized carbons (Fsp3) is 0.535. The van der Waals surface area contributed by atoms with Crippen molar-refractivity contribution in [1.29, 1.82) is 0 Å². The average molecular weight is 803 g/mol. The Balaban J connectivity index is 0.000000150. The number of fused-ring (bicyclic) bond motifs is 10. The van der Waals surface area contributed by atoms with Crippen LogP contribution in [0, 0.1) is 17.6 Å². The topological polar surface area (TPSA) is 142 Å². The van der Waals surface area contributed by atoms with Crippen molar-refractivity contribution in [1.82, 2.24) is 9.13 Å². The number of esters is 2. The molecule has 0 spiro atoms. The van der Waals surface area contributed by atoms with E-state index in [4.69, 9.17) is 18.9 Å². The molecule has 4 fully saturated rings. The monoisotopic (exact) mass is 802 g/mol. The molecule has 10 rings (SSSR count). The molecule has 2 aliphatic carbocycles. The van der Waals surface area contributed by atoms with E-state index in [0.717, 1.165) is 45.1 Å². The lowest BCUT2D eigenvalue weighted by atomic mass is 10.1. The predicted molar refractivity (Wildman–Crippen MR) is 212 cm³/mol. The molecule has 15 heteroatoms. The van der Waals surface area contributed by atoms with Crippen molar-refractivity contribution in [2.45, 2.75) is 102 Å². The van der Waals surface area contributed by atoms with E-state index in [1.165, 1.54) is 18.3 Å². The Morgan fingerprint density at radius 1 is 0.707 bits per heavy atom. The number of ether oxygens (including phenoxy) is 4. The second-order valence-corrected chi connectivity index (χ2v) is 16.4. The summed E-state index contributed by atoms with van der Waals surface area (Å²) in [4.78, 5) is 54.8. The highest BCUT2D eigenvalue weighted by atomic mass is 19.1. The largest absolute Gasteiger partial charge is 0.489 e. The number of carbonyl (C=O) groups excluding carboxylic acids is 2. The first-order chi connectivity index (χ1) is 28.0. The van der Waals surface area contributed by atoms with Crippen LogP contribution in [-0.4, -0.2) is 83.9 Å². The van der Waals surface area contributed by atoms with E-state index in [-0.39, 0.29) is 59.3 Å². The summed E-state index contributed by atoms with van der Waals surface area (Å²) >= 11 is 0. The van der Waals surface area contributed by atoms with Gasteiger partial charge >= 0.3 is 11.9 Å². The van der Waals surface area contributed by atoms with Crippen molar-refractivity contribution < 1.29 is 42.4 Å². The molecule has 0 amide bonds. The van der Waals surface area contributed by atoms with E-state index < -0.39 is 40.5 Å². The number of aliphatic hydroxyl groups is 1. The molecule has 58 heavy (non-hydrogen) atoms. The van der Waals surface area contributed by atoms with Gasteiger partial charge in [-0.05, 0) is 70.4 Å². The first-order valence-corrected chi connectivity index (χ1v) is 20.6. The van der Waals surface area contributed by atoms with Crippen LogP contribution in [0.15, 0.2) is 34.1 Å². The minimum Gasteiger partial charge on any atom is -0.489 e. The lowest BCUT2D eigenvalue weighted by molar-refractivity contribution is 0.0514. The van der Waals surface area contributed by atoms with E-state index in [1.54, 1.807) is 20.0 Å². The fourth-order valence-corrected chi connectivity index (χ4v) is 9.42. The molecule has 0 radical (unpaired) electrons. The molecule has 308 valence electrons. The Morgan fingerprint density at radius 3 is 1.60 bits per heavy atom. The molecule has 4 aliphatic heterocycles. The Labute approximate surface area is 333 Å². The van der Waals surface area contributed by atoms with Crippen LogP contribution < -0.4 is 30.1 Å². The first kappa shape index (κ1) is 38.3. The molecule has 2 saturated heterocycles. The standard InChI is InChI=1S/C22H25FN2O4.C21H23FN2O5/c1-3-28-22(27)16-11-25(13-4-5-13)18-15(20(16)26)9-17(23)19-21(18)29-7-6-14-8-12(2)10-24(14)19;1-2-28-21(27)15-10-24(11-3-4-11)17-14(19(15)26)8-16(22)18-20(17)29-6-5-12-7-13(25)9-23(12)18/h9,11-14H,3-8,10H2,1-2H3;8,10-13,25H,2-7,9H2,1H3/t12-,14+;12-,13+/m10/s1. The van der Waals surface area contributed by atoms with Crippen molar-refractivity contribution >= 4 is 45.1 Å². The highest BCUT2D eigenvalue weighted by Crippen LogP contribution is 2.49. The maximum absolute atomic E-state index is 15.4. The molecule has 0 bridgehead atoms. The highest BCUT2D eigenvalue weighted by Gasteiger charge is 2.40. The SMILES string of the molecule is CCOC(=O)c1cn(C2CC2)c2c3c(c(F)cc2c1=O)N1C[C@H](C)C[C@@H]1CCO3.CCOC(=O)c1cn(C2CC2)c2c3c(c(F)cc2c1=O)N1C[C@H](O)C[C@@H]1CCO3. The van der Waals surface area contributed by atoms with E-state index in [2.05, 4.69) is 11.8 Å². The van der Waals surface area contributed by atoms with Crippen LogP contribution >= 0.6 is 0 Å². The first-order valence-electron chi connectivity index (χ1n) is 20.6. The summed E-state index contributed by atoms with van der Waals surface area (Å²) in [6, 6.07) is 3.05. The van der Waals surface area contributed by atoms with Crippen molar-refractivity contribution in [2.24, 2.45) is 5.92 Å². The van der Waals surface area contributed by atoms with Gasteiger partial charge in [0.25, 0.3) is 0 Å². The third-order valence-electron chi connectivity index (χ3n) is 12.3. The van der Waals surface area contributed by atoms with E-state index in [9.17, 15) is 24.3 Å². The maximum Gasteiger partial charge on any atom is 0.343 e. The van der Waals surface area contributed by atoms with E-state index in [1.807, 2.05) is 14.0 Å². The van der Waals surface area contributed by atoms with Gasteiger partial charge in [0.2, 0.25) is 10.9 Å². The third-order valence-corrected chi connectivity index (χ3v) is 12.3. The molecule has 6 heterocycles. The molecule has 2 aromatic carbocycles. The number of nitrogens with zero attached hydrogens (tertiary/aromatic N) is 4. The zero-order valence-electron chi connectivity index (χ0n) is 32.9. The summed E-state index contributed by atoms with van der Waals surface area (Å²) in [6.07, 6.45) is 9.41. The zero-order valence-corrected chi connectivity index (χ0v) is 32.9. The smallest absolute Gasteiger partial charge is 0.343 e. The van der Waals surface area contributed by atoms with Crippen LogP contribution in [-0.2, 0) is 9.47 Å². The van der Waals surface area contributed by atoms with Gasteiger partial charge in [-0.2, -0.15) is 0 Å². The number of hydrogen-bond acceptors (Lipinski definition) is 11. The minimum atomic E-state index is -0.701. The van der Waals surface area contributed by atoms with Crippen molar-refractivity contribution in [3.8, 4) is 11.5 Å². The number of rotatable bonds is 6. The molecule has 2 saturated carbocycles. The fourth-order valence-electron chi connectivity index (χ4n) is 9.42. The lowest BCUT2D eigenvalue weighted by Crippen LogP contribution is -2.30. The van der Waals surface area contributed by atoms with Crippen molar-refractivity contribution in [3.63, 3.8) is 0 Å². The second kappa shape index (κ2) is 14.9. The molecule has 4 aromatic rings. The van der Waals surface area contributed by atoms with Gasteiger partial charge in [-0.3, -0.25) is 9.59 Å². The molecule has 1 N–H and O–H groups in total. The Kier molecular flexibility index (Phi) is 9.84. The van der Waals surface area contributed by atoms with E-state index >= 15 is 8.78 Å². The number of aromatic nitrogens is 2. The third kappa shape index (κ3) is 6.55. The Morgan fingerprint density at radius 2 is 1.16 bits per heavy atom. The highest BCUT2D eigenvalue weighted by molar-refractivity contribution is 5.99. The summed E-state index contributed by atoms with van der Waals surface area (Å²) in [6.45, 7) is 7.84. The summed E-state index contributed by atoms with van der Waals surface area (Å²) in [5.41, 5.74) is 0.683. The normalized spacial score (nSPS) is 23.3. The number of halogens is 2. The molecular formula is C43H48F2N4O9. The van der Waals surface area contributed by atoms with Crippen molar-refractivity contribution in [3.05, 3.63) is 67.7 Å². The minimum absolute atomic E-state index is 0.00176. The summed E-state index contributed by atoms with van der Waals surface area (Å²) in [5.74, 6) is -1.15. The van der Waals surface area contributed by atoms with Gasteiger partial charge in [0.15, 0.2) is 23.1 Å². The number of pyridine rings is 2. The molecule has 13 nitrogen and oxygen atoms in total. The van der Waals surface area contributed by atoms with Crippen LogP contribution in [0.5, 0.6) is 11.5 Å². The van der Waals surface area contributed by atoms with Crippen LogP contribution in [0.2, 0.25) is 0 Å². The molecule has 6 aliphatic rings. The van der Waals surface area contributed by atoms with Crippen LogP contribution in [0.1, 0.15) is 105 Å². The number of carbonyl (C=O) groups is 2. The number of anilines is 2. The molecular weight excluding hydrogens is 754 g/mol. The van der Waals surface area contributed by atoms with Crippen LogP contribution in [0.25, 0.3) is 21.8 Å². The Hall–Kier alpha value is -5.18. The van der Waals surface area contributed by atoms with Gasteiger partial charge in [-0.15, -0.1) is 0 Å². The summed E-state index contributed by atoms with van der Waals surface area (Å²) < 4.78 is 56.6. The molecule has 0 unspecified atom stereocenters. The van der Waals surface area contributed by atoms with E-state index in [0.29, 0.717) is 72.4 Å². The van der Waals surface area contributed by atoms with Crippen molar-refractivity contribution in [2.75, 3.05) is 49.3 Å². The molecule has 4 atom stereocenters.